The van der Waals surface area contributed by atoms with E-state index in [0.717, 1.165) is 6.42 Å². The van der Waals surface area contributed by atoms with E-state index in [1.54, 1.807) is 18.7 Å². The molecule has 2 aliphatic heterocycles. The number of rotatable bonds is 2. The lowest BCUT2D eigenvalue weighted by atomic mass is 9.91. The summed E-state index contributed by atoms with van der Waals surface area (Å²) >= 11 is 1.73. The van der Waals surface area contributed by atoms with Gasteiger partial charge in [-0.15, -0.1) is 11.8 Å². The molecule has 0 radical (unpaired) electrons. The lowest BCUT2D eigenvalue weighted by Gasteiger charge is -2.13. The first-order valence-corrected chi connectivity index (χ1v) is 5.36. The van der Waals surface area contributed by atoms with Crippen LogP contribution in [0.1, 0.15) is 13.3 Å². The Bertz CT molecular complexity index is 247. The van der Waals surface area contributed by atoms with Crippen LogP contribution in [0.2, 0.25) is 0 Å². The van der Waals surface area contributed by atoms with Gasteiger partial charge in [0.05, 0.1) is 18.1 Å². The zero-order valence-corrected chi connectivity index (χ0v) is 8.06. The van der Waals surface area contributed by atoms with E-state index in [1.807, 2.05) is 0 Å². The van der Waals surface area contributed by atoms with Crippen LogP contribution in [0, 0.1) is 5.92 Å². The second-order valence-electron chi connectivity index (χ2n) is 3.32. The van der Waals surface area contributed by atoms with Crippen molar-refractivity contribution in [3.8, 4) is 0 Å². The van der Waals surface area contributed by atoms with Crippen molar-refractivity contribution in [1.82, 2.24) is 0 Å². The summed E-state index contributed by atoms with van der Waals surface area (Å²) < 4.78 is 5.62. The molecule has 2 bridgehead atoms. The Kier molecular flexibility index (Phi) is 2.00. The Balaban J connectivity index is 2.15. The summed E-state index contributed by atoms with van der Waals surface area (Å²) in [5.74, 6) is 0.393. The quantitative estimate of drug-likeness (QED) is 0.652. The molecular formula is C9H12O2S. The number of ketones is 1. The minimum Gasteiger partial charge on any atom is -0.365 e. The molecule has 66 valence electrons. The lowest BCUT2D eigenvalue weighted by molar-refractivity contribution is -0.121. The summed E-state index contributed by atoms with van der Waals surface area (Å²) in [6.07, 6.45) is 5.35. The van der Waals surface area contributed by atoms with E-state index in [4.69, 9.17) is 4.74 Å². The van der Waals surface area contributed by atoms with Crippen molar-refractivity contribution in [2.45, 2.75) is 25.6 Å². The zero-order chi connectivity index (χ0) is 8.72. The first kappa shape index (κ1) is 8.32. The van der Waals surface area contributed by atoms with Crippen molar-refractivity contribution in [2.24, 2.45) is 5.92 Å². The van der Waals surface area contributed by atoms with Crippen LogP contribution in [0.5, 0.6) is 0 Å². The second-order valence-corrected chi connectivity index (χ2v) is 4.19. The SMILES string of the molecule is CSC1=CC2OC1CC2C(C)=O. The summed E-state index contributed by atoms with van der Waals surface area (Å²) in [5.41, 5.74) is 0. The van der Waals surface area contributed by atoms with Crippen molar-refractivity contribution in [3.05, 3.63) is 11.0 Å². The monoisotopic (exact) mass is 184 g/mol. The molecule has 0 saturated carbocycles. The minimum absolute atomic E-state index is 0.0787. The van der Waals surface area contributed by atoms with Crippen LogP contribution in [0.25, 0.3) is 0 Å². The average Bonchev–Trinajstić information content (AvgIpc) is 2.60. The fourth-order valence-electron chi connectivity index (χ4n) is 1.91. The van der Waals surface area contributed by atoms with E-state index in [1.165, 1.54) is 4.91 Å². The summed E-state index contributed by atoms with van der Waals surface area (Å²) in [5, 5.41) is 0. The molecule has 0 amide bonds. The van der Waals surface area contributed by atoms with E-state index >= 15 is 0 Å². The molecule has 2 aliphatic rings. The number of ether oxygens (including phenoxy) is 1. The first-order valence-electron chi connectivity index (χ1n) is 4.14. The molecule has 1 saturated heterocycles. The first-order chi connectivity index (χ1) is 5.72. The maximum absolute atomic E-state index is 11.1. The van der Waals surface area contributed by atoms with Crippen LogP contribution in [0.15, 0.2) is 11.0 Å². The molecule has 12 heavy (non-hydrogen) atoms. The summed E-state index contributed by atoms with van der Waals surface area (Å²) in [4.78, 5) is 12.4. The number of hydrogen-bond donors (Lipinski definition) is 0. The van der Waals surface area contributed by atoms with Gasteiger partial charge in [-0.05, 0) is 25.7 Å². The predicted octanol–water partition coefficient (Wildman–Crippen LogP) is 1.61. The van der Waals surface area contributed by atoms with Gasteiger partial charge in [0, 0.05) is 4.91 Å². The molecule has 3 unspecified atom stereocenters. The van der Waals surface area contributed by atoms with E-state index < -0.39 is 0 Å². The van der Waals surface area contributed by atoms with Crippen LogP contribution < -0.4 is 0 Å². The standard InChI is InChI=1S/C9H12O2S/c1-5(10)6-3-8-9(12-2)4-7(6)11-8/h4,6-8H,3H2,1-2H3. The van der Waals surface area contributed by atoms with Gasteiger partial charge in [0.2, 0.25) is 0 Å². The molecule has 1 fully saturated rings. The molecule has 0 aromatic carbocycles. The topological polar surface area (TPSA) is 26.3 Å². The van der Waals surface area contributed by atoms with Crippen LogP contribution in [-0.4, -0.2) is 24.2 Å². The molecule has 2 rings (SSSR count). The average molecular weight is 184 g/mol. The molecule has 2 nitrogen and oxygen atoms in total. The third-order valence-corrected chi connectivity index (χ3v) is 3.46. The summed E-state index contributed by atoms with van der Waals surface area (Å²) in [6.45, 7) is 1.65. The molecule has 0 aromatic heterocycles. The third-order valence-electron chi connectivity index (χ3n) is 2.59. The molecule has 0 N–H and O–H groups in total. The van der Waals surface area contributed by atoms with Gasteiger partial charge in [-0.2, -0.15) is 0 Å². The Hall–Kier alpha value is -0.280. The maximum Gasteiger partial charge on any atom is 0.135 e. The second kappa shape index (κ2) is 2.89. The molecule has 0 spiro atoms. The fraction of sp³-hybridized carbons (Fsp3) is 0.667. The Labute approximate surface area is 76.4 Å². The van der Waals surface area contributed by atoms with E-state index in [-0.39, 0.29) is 23.9 Å². The van der Waals surface area contributed by atoms with Gasteiger partial charge >= 0.3 is 0 Å². The number of Topliss-reactive ketones (excluding diaryl/α,β-unsaturated/α-hetero) is 1. The van der Waals surface area contributed by atoms with Gasteiger partial charge in [-0.1, -0.05) is 0 Å². The number of thioether (sulfide) groups is 1. The number of carbonyl (C=O) groups is 1. The highest BCUT2D eigenvalue weighted by Gasteiger charge is 2.43. The van der Waals surface area contributed by atoms with Gasteiger partial charge in [0.25, 0.3) is 0 Å². The minimum atomic E-state index is 0.0787. The van der Waals surface area contributed by atoms with E-state index in [0.29, 0.717) is 0 Å². The molecule has 2 heterocycles. The Morgan fingerprint density at radius 1 is 1.75 bits per heavy atom. The number of fused-ring (bicyclic) bond motifs is 2. The van der Waals surface area contributed by atoms with E-state index in [9.17, 15) is 4.79 Å². The zero-order valence-electron chi connectivity index (χ0n) is 7.24. The predicted molar refractivity (Wildman–Crippen MR) is 49.0 cm³/mol. The van der Waals surface area contributed by atoms with Gasteiger partial charge in [-0.3, -0.25) is 4.79 Å². The molecule has 3 heteroatoms. The number of hydrogen-bond acceptors (Lipinski definition) is 3. The third kappa shape index (κ3) is 1.12. The Morgan fingerprint density at radius 3 is 2.92 bits per heavy atom. The molecule has 0 aliphatic carbocycles. The van der Waals surface area contributed by atoms with Crippen LogP contribution in [0.3, 0.4) is 0 Å². The smallest absolute Gasteiger partial charge is 0.135 e. The van der Waals surface area contributed by atoms with Gasteiger partial charge in [0.15, 0.2) is 0 Å². The molecular weight excluding hydrogens is 172 g/mol. The maximum atomic E-state index is 11.1. The lowest BCUT2D eigenvalue weighted by Crippen LogP contribution is -2.21. The summed E-state index contributed by atoms with van der Waals surface area (Å²) in [7, 11) is 0. The van der Waals surface area contributed by atoms with Gasteiger partial charge in [0.1, 0.15) is 5.78 Å². The summed E-state index contributed by atoms with van der Waals surface area (Å²) in [6, 6.07) is 0. The highest BCUT2D eigenvalue weighted by atomic mass is 32.2. The van der Waals surface area contributed by atoms with Crippen LogP contribution >= 0.6 is 11.8 Å². The van der Waals surface area contributed by atoms with Crippen molar-refractivity contribution >= 4 is 17.5 Å². The van der Waals surface area contributed by atoms with Crippen molar-refractivity contribution in [2.75, 3.05) is 6.26 Å². The van der Waals surface area contributed by atoms with Gasteiger partial charge in [-0.25, -0.2) is 0 Å². The van der Waals surface area contributed by atoms with Crippen molar-refractivity contribution < 1.29 is 9.53 Å². The van der Waals surface area contributed by atoms with Crippen molar-refractivity contribution in [1.29, 1.82) is 0 Å². The highest BCUT2D eigenvalue weighted by Crippen LogP contribution is 2.42. The number of carbonyl (C=O) groups excluding carboxylic acids is 1. The van der Waals surface area contributed by atoms with E-state index in [2.05, 4.69) is 12.3 Å². The molecule has 0 aromatic rings. The fourth-order valence-corrected chi connectivity index (χ4v) is 2.59. The Morgan fingerprint density at radius 2 is 2.50 bits per heavy atom. The molecule has 3 atom stereocenters. The van der Waals surface area contributed by atoms with Gasteiger partial charge < -0.3 is 4.74 Å². The highest BCUT2D eigenvalue weighted by molar-refractivity contribution is 8.02. The van der Waals surface area contributed by atoms with Crippen LogP contribution in [-0.2, 0) is 9.53 Å². The van der Waals surface area contributed by atoms with Crippen LogP contribution in [0.4, 0.5) is 0 Å². The normalized spacial score (nSPS) is 38.5. The largest absolute Gasteiger partial charge is 0.365 e. The van der Waals surface area contributed by atoms with Crippen molar-refractivity contribution in [3.63, 3.8) is 0 Å².